The van der Waals surface area contributed by atoms with Crippen molar-refractivity contribution in [1.29, 1.82) is 0 Å². The van der Waals surface area contributed by atoms with Crippen molar-refractivity contribution < 1.29 is 14.3 Å². The van der Waals surface area contributed by atoms with Gasteiger partial charge >= 0.3 is 6.03 Å². The van der Waals surface area contributed by atoms with Crippen molar-refractivity contribution in [3.8, 4) is 5.75 Å². The van der Waals surface area contributed by atoms with Crippen molar-refractivity contribution in [2.45, 2.75) is 0 Å². The van der Waals surface area contributed by atoms with Crippen LogP contribution in [0.4, 0.5) is 16.2 Å². The van der Waals surface area contributed by atoms with Gasteiger partial charge in [-0.3, -0.25) is 4.79 Å². The van der Waals surface area contributed by atoms with Gasteiger partial charge in [0.05, 0.1) is 13.7 Å². The number of amides is 3. The summed E-state index contributed by atoms with van der Waals surface area (Å²) in [6, 6.07) is 13.7. The van der Waals surface area contributed by atoms with Crippen molar-refractivity contribution in [3.63, 3.8) is 0 Å². The van der Waals surface area contributed by atoms with Crippen LogP contribution in [0, 0.1) is 0 Å². The molecule has 3 N–H and O–H groups in total. The Morgan fingerprint density at radius 1 is 1.04 bits per heavy atom. The van der Waals surface area contributed by atoms with Crippen LogP contribution in [0.2, 0.25) is 0 Å². The molecular weight excluding hydrogens is 362 g/mol. The Balaban J connectivity index is 1.80. The molecule has 2 aromatic rings. The van der Waals surface area contributed by atoms with Gasteiger partial charge in [0.15, 0.2) is 0 Å². The Morgan fingerprint density at radius 3 is 2.43 bits per heavy atom. The summed E-state index contributed by atoms with van der Waals surface area (Å²) in [5, 5.41) is 7.80. The summed E-state index contributed by atoms with van der Waals surface area (Å²) >= 11 is 3.32. The van der Waals surface area contributed by atoms with E-state index in [2.05, 4.69) is 31.9 Å². The van der Waals surface area contributed by atoms with Gasteiger partial charge < -0.3 is 20.7 Å². The molecule has 0 fully saturated rings. The van der Waals surface area contributed by atoms with E-state index in [0.29, 0.717) is 17.1 Å². The third kappa shape index (κ3) is 5.63. The molecule has 0 saturated carbocycles. The first kappa shape index (κ1) is 16.8. The number of nitrogens with one attached hydrogen (secondary N) is 3. The standard InChI is InChI=1S/C16H16BrN3O3/c1-23-14-7-3-6-13(9-14)20-16(22)18-10-15(21)19-12-5-2-4-11(17)8-12/h2-9H,10H2,1H3,(H,19,21)(H2,18,20,22). The van der Waals surface area contributed by atoms with Gasteiger partial charge in [-0.25, -0.2) is 4.79 Å². The first-order valence-electron chi connectivity index (χ1n) is 6.81. The molecule has 0 bridgehead atoms. The molecule has 0 aliphatic rings. The lowest BCUT2D eigenvalue weighted by Gasteiger charge is -2.09. The van der Waals surface area contributed by atoms with Crippen LogP contribution >= 0.6 is 15.9 Å². The number of anilines is 2. The minimum atomic E-state index is -0.470. The number of hydrogen-bond acceptors (Lipinski definition) is 3. The molecule has 0 unspecified atom stereocenters. The summed E-state index contributed by atoms with van der Waals surface area (Å²) in [4.78, 5) is 23.6. The van der Waals surface area contributed by atoms with E-state index in [1.54, 1.807) is 43.5 Å². The van der Waals surface area contributed by atoms with Gasteiger partial charge in [0.1, 0.15) is 5.75 Å². The highest BCUT2D eigenvalue weighted by molar-refractivity contribution is 9.10. The van der Waals surface area contributed by atoms with Crippen LogP contribution in [0.1, 0.15) is 0 Å². The van der Waals surface area contributed by atoms with E-state index >= 15 is 0 Å². The van der Waals surface area contributed by atoms with Crippen LogP contribution in [0.15, 0.2) is 53.0 Å². The lowest BCUT2D eigenvalue weighted by Crippen LogP contribution is -2.35. The van der Waals surface area contributed by atoms with Gasteiger partial charge in [0.25, 0.3) is 0 Å². The summed E-state index contributed by atoms with van der Waals surface area (Å²) in [6.07, 6.45) is 0. The Kier molecular flexibility index (Phi) is 5.99. The summed E-state index contributed by atoms with van der Waals surface area (Å²) in [5.74, 6) is 0.319. The molecule has 0 aliphatic carbocycles. The highest BCUT2D eigenvalue weighted by atomic mass is 79.9. The number of benzene rings is 2. The molecular formula is C16H16BrN3O3. The Hall–Kier alpha value is -2.54. The lowest BCUT2D eigenvalue weighted by molar-refractivity contribution is -0.115. The molecule has 6 nitrogen and oxygen atoms in total. The number of hydrogen-bond donors (Lipinski definition) is 3. The second kappa shape index (κ2) is 8.19. The number of carbonyl (C=O) groups is 2. The van der Waals surface area contributed by atoms with Gasteiger partial charge in [0, 0.05) is 21.9 Å². The molecule has 0 radical (unpaired) electrons. The highest BCUT2D eigenvalue weighted by Crippen LogP contribution is 2.16. The van der Waals surface area contributed by atoms with Gasteiger partial charge in [-0.15, -0.1) is 0 Å². The van der Waals surface area contributed by atoms with Crippen molar-refractivity contribution in [2.24, 2.45) is 0 Å². The van der Waals surface area contributed by atoms with Gasteiger partial charge in [-0.1, -0.05) is 28.1 Å². The monoisotopic (exact) mass is 377 g/mol. The molecule has 2 aromatic carbocycles. The van der Waals surface area contributed by atoms with Gasteiger partial charge in [-0.2, -0.15) is 0 Å². The van der Waals surface area contributed by atoms with Gasteiger partial charge in [0.2, 0.25) is 5.91 Å². The van der Waals surface area contributed by atoms with Crippen molar-refractivity contribution >= 4 is 39.2 Å². The Morgan fingerprint density at radius 2 is 1.74 bits per heavy atom. The number of ether oxygens (including phenoxy) is 1. The highest BCUT2D eigenvalue weighted by Gasteiger charge is 2.07. The van der Waals surface area contributed by atoms with E-state index in [4.69, 9.17) is 4.74 Å². The maximum Gasteiger partial charge on any atom is 0.319 e. The lowest BCUT2D eigenvalue weighted by atomic mass is 10.3. The maximum absolute atomic E-state index is 11.8. The van der Waals surface area contributed by atoms with Crippen LogP contribution in [0.25, 0.3) is 0 Å². The third-order valence-corrected chi connectivity index (χ3v) is 3.34. The van der Waals surface area contributed by atoms with Crippen molar-refractivity contribution in [3.05, 3.63) is 53.0 Å². The average molecular weight is 378 g/mol. The first-order chi connectivity index (χ1) is 11.1. The quantitative estimate of drug-likeness (QED) is 0.748. The molecule has 0 aliphatic heterocycles. The van der Waals surface area contributed by atoms with Crippen molar-refractivity contribution in [2.75, 3.05) is 24.3 Å². The molecule has 2 rings (SSSR count). The predicted molar refractivity (Wildman–Crippen MR) is 92.8 cm³/mol. The van der Waals surface area contributed by atoms with E-state index in [1.807, 2.05) is 12.1 Å². The fraction of sp³-hybridized carbons (Fsp3) is 0.125. The predicted octanol–water partition coefficient (Wildman–Crippen LogP) is 3.22. The number of methoxy groups -OCH3 is 1. The van der Waals surface area contributed by atoms with E-state index in [1.165, 1.54) is 0 Å². The molecule has 0 atom stereocenters. The first-order valence-corrected chi connectivity index (χ1v) is 7.60. The zero-order valence-corrected chi connectivity index (χ0v) is 14.0. The van der Waals surface area contributed by atoms with Crippen LogP contribution in [-0.2, 0) is 4.79 Å². The maximum atomic E-state index is 11.8. The Bertz CT molecular complexity index is 706. The van der Waals surface area contributed by atoms with E-state index in [9.17, 15) is 9.59 Å². The zero-order chi connectivity index (χ0) is 16.7. The molecule has 0 spiro atoms. The Labute approximate surface area is 142 Å². The minimum Gasteiger partial charge on any atom is -0.497 e. The van der Waals surface area contributed by atoms with Crippen molar-refractivity contribution in [1.82, 2.24) is 5.32 Å². The van der Waals surface area contributed by atoms with E-state index in [-0.39, 0.29) is 12.5 Å². The number of carbonyl (C=O) groups excluding carboxylic acids is 2. The van der Waals surface area contributed by atoms with Crippen LogP contribution < -0.4 is 20.7 Å². The number of rotatable bonds is 5. The summed E-state index contributed by atoms with van der Waals surface area (Å²) in [5.41, 5.74) is 1.23. The fourth-order valence-corrected chi connectivity index (χ4v) is 2.21. The summed E-state index contributed by atoms with van der Waals surface area (Å²) < 4.78 is 5.93. The van der Waals surface area contributed by atoms with Crippen LogP contribution in [0.3, 0.4) is 0 Å². The largest absolute Gasteiger partial charge is 0.497 e. The summed E-state index contributed by atoms with van der Waals surface area (Å²) in [6.45, 7) is -0.137. The minimum absolute atomic E-state index is 0.137. The topological polar surface area (TPSA) is 79.5 Å². The van der Waals surface area contributed by atoms with Gasteiger partial charge in [-0.05, 0) is 30.3 Å². The fourth-order valence-electron chi connectivity index (χ4n) is 1.81. The molecule has 0 saturated heterocycles. The normalized spacial score (nSPS) is 9.83. The van der Waals surface area contributed by atoms with Crippen LogP contribution in [-0.4, -0.2) is 25.6 Å². The molecule has 0 aromatic heterocycles. The second-order valence-electron chi connectivity index (χ2n) is 4.60. The summed E-state index contributed by atoms with van der Waals surface area (Å²) in [7, 11) is 1.55. The van der Waals surface area contributed by atoms with Crippen LogP contribution in [0.5, 0.6) is 5.75 Å². The van der Waals surface area contributed by atoms with E-state index in [0.717, 1.165) is 4.47 Å². The molecule has 3 amide bonds. The third-order valence-electron chi connectivity index (χ3n) is 2.85. The SMILES string of the molecule is COc1cccc(NC(=O)NCC(=O)Nc2cccc(Br)c2)c1. The second-order valence-corrected chi connectivity index (χ2v) is 5.51. The number of urea groups is 1. The number of halogens is 1. The molecule has 120 valence electrons. The average Bonchev–Trinajstić information content (AvgIpc) is 2.53. The molecule has 23 heavy (non-hydrogen) atoms. The molecule has 0 heterocycles. The zero-order valence-electron chi connectivity index (χ0n) is 12.4. The molecule has 7 heteroatoms. The van der Waals surface area contributed by atoms with E-state index < -0.39 is 6.03 Å². The smallest absolute Gasteiger partial charge is 0.319 e.